The largest absolute Gasteiger partial charge is 0.396 e. The highest BCUT2D eigenvalue weighted by Crippen LogP contribution is 2.24. The Morgan fingerprint density at radius 3 is 2.62 bits per heavy atom. The third kappa shape index (κ3) is 2.81. The summed E-state index contributed by atoms with van der Waals surface area (Å²) in [5.41, 5.74) is 6.48. The zero-order valence-corrected chi connectivity index (χ0v) is 11.8. The quantitative estimate of drug-likeness (QED) is 0.527. The van der Waals surface area contributed by atoms with Crippen molar-refractivity contribution in [2.75, 3.05) is 19.5 Å². The fraction of sp³-hybridized carbons (Fsp3) is 0.583. The molecule has 0 amide bonds. The van der Waals surface area contributed by atoms with Gasteiger partial charge >= 0.3 is 0 Å². The van der Waals surface area contributed by atoms with Crippen LogP contribution in [0.4, 0.5) is 5.82 Å². The molecule has 0 aliphatic rings. The molecule has 21 heavy (non-hydrogen) atoms. The Labute approximate surface area is 121 Å². The van der Waals surface area contributed by atoms with Crippen molar-refractivity contribution in [1.29, 1.82) is 0 Å². The van der Waals surface area contributed by atoms with Crippen molar-refractivity contribution in [3.63, 3.8) is 0 Å². The number of methoxy groups -OCH3 is 1. The lowest BCUT2D eigenvalue weighted by Crippen LogP contribution is -2.40. The lowest BCUT2D eigenvalue weighted by molar-refractivity contribution is -0.125. The average molecular weight is 297 g/mol. The number of hydrogen-bond donors (Lipinski definition) is 4. The lowest BCUT2D eigenvalue weighted by atomic mass is 9.99. The predicted molar refractivity (Wildman–Crippen MR) is 74.0 cm³/mol. The second-order valence-corrected chi connectivity index (χ2v) is 4.85. The lowest BCUT2D eigenvalue weighted by Gasteiger charge is -2.29. The van der Waals surface area contributed by atoms with Crippen LogP contribution < -0.4 is 5.73 Å². The molecule has 0 aliphatic carbocycles. The maximum Gasteiger partial charge on any atom is 0.167 e. The predicted octanol–water partition coefficient (Wildman–Crippen LogP) is -1.10. The Kier molecular flexibility index (Phi) is 4.68. The fourth-order valence-corrected chi connectivity index (χ4v) is 2.09. The highest BCUT2D eigenvalue weighted by molar-refractivity contribution is 5.81. The van der Waals surface area contributed by atoms with Crippen molar-refractivity contribution in [3.05, 3.63) is 12.7 Å². The summed E-state index contributed by atoms with van der Waals surface area (Å²) >= 11 is 0. The van der Waals surface area contributed by atoms with Crippen molar-refractivity contribution < 1.29 is 20.1 Å². The molecule has 9 nitrogen and oxygen atoms in total. The number of aromatic nitrogens is 4. The maximum absolute atomic E-state index is 10.3. The van der Waals surface area contributed by atoms with Crippen LogP contribution in [0.15, 0.2) is 12.7 Å². The first-order valence-electron chi connectivity index (χ1n) is 6.44. The molecule has 0 saturated heterocycles. The third-order valence-electron chi connectivity index (χ3n) is 3.42. The van der Waals surface area contributed by atoms with Crippen LogP contribution in [0.3, 0.4) is 0 Å². The summed E-state index contributed by atoms with van der Waals surface area (Å²) in [6.07, 6.45) is -0.679. The summed E-state index contributed by atoms with van der Waals surface area (Å²) in [7, 11) is 1.39. The van der Waals surface area contributed by atoms with Gasteiger partial charge in [-0.2, -0.15) is 0 Å². The monoisotopic (exact) mass is 297 g/mol. The molecule has 9 heteroatoms. The SMILES string of the molecule is COC(C(O)C(O)C(C)CO)n1cnc2c(N)ncnc21. The number of ether oxygens (including phenoxy) is 1. The summed E-state index contributed by atoms with van der Waals surface area (Å²) in [5, 5.41) is 29.4. The number of aliphatic hydroxyl groups excluding tert-OH is 3. The van der Waals surface area contributed by atoms with Gasteiger partial charge in [0.15, 0.2) is 17.7 Å². The zero-order chi connectivity index (χ0) is 15.6. The molecule has 2 aromatic heterocycles. The molecule has 2 aromatic rings. The summed E-state index contributed by atoms with van der Waals surface area (Å²) < 4.78 is 6.71. The van der Waals surface area contributed by atoms with E-state index in [1.54, 1.807) is 6.92 Å². The number of hydrogen-bond acceptors (Lipinski definition) is 8. The Balaban J connectivity index is 2.38. The van der Waals surface area contributed by atoms with E-state index in [-0.39, 0.29) is 12.4 Å². The standard InChI is InChI=1S/C12H19N5O4/c1-6(3-18)8(19)9(20)12(21-2)17-5-16-7-10(13)14-4-15-11(7)17/h4-6,8-9,12,18-20H,3H2,1-2H3,(H2,13,14,15). The van der Waals surface area contributed by atoms with E-state index in [0.717, 1.165) is 0 Å². The van der Waals surface area contributed by atoms with E-state index in [0.29, 0.717) is 11.2 Å². The molecular weight excluding hydrogens is 278 g/mol. The van der Waals surface area contributed by atoms with Crippen molar-refractivity contribution in [3.8, 4) is 0 Å². The van der Waals surface area contributed by atoms with Crippen LogP contribution in [-0.4, -0.2) is 60.8 Å². The van der Waals surface area contributed by atoms with E-state index >= 15 is 0 Å². The number of aliphatic hydroxyl groups is 3. The van der Waals surface area contributed by atoms with Crippen molar-refractivity contribution in [2.24, 2.45) is 5.92 Å². The van der Waals surface area contributed by atoms with Gasteiger partial charge in [-0.05, 0) is 0 Å². The molecule has 0 saturated carbocycles. The molecule has 4 unspecified atom stereocenters. The smallest absolute Gasteiger partial charge is 0.167 e. The summed E-state index contributed by atoms with van der Waals surface area (Å²) in [6, 6.07) is 0. The number of rotatable bonds is 6. The third-order valence-corrected chi connectivity index (χ3v) is 3.42. The van der Waals surface area contributed by atoms with Gasteiger partial charge in [-0.25, -0.2) is 15.0 Å². The minimum atomic E-state index is -1.27. The normalized spacial score (nSPS) is 17.6. The summed E-state index contributed by atoms with van der Waals surface area (Å²) in [5.74, 6) is -0.292. The van der Waals surface area contributed by atoms with Gasteiger partial charge in [-0.1, -0.05) is 6.92 Å². The molecule has 0 radical (unpaired) electrons. The molecule has 0 spiro atoms. The fourth-order valence-electron chi connectivity index (χ4n) is 2.09. The Hall–Kier alpha value is -1.81. The van der Waals surface area contributed by atoms with Crippen molar-refractivity contribution in [1.82, 2.24) is 19.5 Å². The van der Waals surface area contributed by atoms with Crippen LogP contribution >= 0.6 is 0 Å². The van der Waals surface area contributed by atoms with Crippen LogP contribution in [0.1, 0.15) is 13.2 Å². The maximum atomic E-state index is 10.3. The molecule has 2 heterocycles. The first-order chi connectivity index (χ1) is 10.0. The minimum absolute atomic E-state index is 0.215. The molecular formula is C12H19N5O4. The van der Waals surface area contributed by atoms with Gasteiger partial charge in [0.1, 0.15) is 17.9 Å². The molecule has 2 rings (SSSR count). The molecule has 0 aromatic carbocycles. The number of nitrogen functional groups attached to an aromatic ring is 1. The first-order valence-corrected chi connectivity index (χ1v) is 6.44. The molecule has 116 valence electrons. The summed E-state index contributed by atoms with van der Waals surface area (Å²) in [6.45, 7) is 1.36. The van der Waals surface area contributed by atoms with Gasteiger partial charge in [0.2, 0.25) is 0 Å². The molecule has 4 atom stereocenters. The van der Waals surface area contributed by atoms with E-state index in [4.69, 9.17) is 15.6 Å². The highest BCUT2D eigenvalue weighted by Gasteiger charge is 2.32. The Bertz CT molecular complexity index is 604. The van der Waals surface area contributed by atoms with Gasteiger partial charge in [0, 0.05) is 19.6 Å². The van der Waals surface area contributed by atoms with Crippen LogP contribution in [0, 0.1) is 5.92 Å². The minimum Gasteiger partial charge on any atom is -0.396 e. The van der Waals surface area contributed by atoms with Crippen LogP contribution in [-0.2, 0) is 4.74 Å². The summed E-state index contributed by atoms with van der Waals surface area (Å²) in [4.78, 5) is 12.0. The Morgan fingerprint density at radius 2 is 2.00 bits per heavy atom. The molecule has 0 fully saturated rings. The van der Waals surface area contributed by atoms with E-state index in [2.05, 4.69) is 15.0 Å². The number of nitrogens with zero attached hydrogens (tertiary/aromatic N) is 4. The highest BCUT2D eigenvalue weighted by atomic mass is 16.5. The second kappa shape index (κ2) is 6.31. The van der Waals surface area contributed by atoms with Crippen LogP contribution in [0.25, 0.3) is 11.2 Å². The zero-order valence-electron chi connectivity index (χ0n) is 11.8. The van der Waals surface area contributed by atoms with Crippen LogP contribution in [0.5, 0.6) is 0 Å². The second-order valence-electron chi connectivity index (χ2n) is 4.85. The van der Waals surface area contributed by atoms with Crippen molar-refractivity contribution in [2.45, 2.75) is 25.4 Å². The molecule has 0 bridgehead atoms. The van der Waals surface area contributed by atoms with Gasteiger partial charge < -0.3 is 25.8 Å². The van der Waals surface area contributed by atoms with Gasteiger partial charge in [-0.3, -0.25) is 4.57 Å². The topological polar surface area (TPSA) is 140 Å². The van der Waals surface area contributed by atoms with E-state index < -0.39 is 24.4 Å². The van der Waals surface area contributed by atoms with Gasteiger partial charge in [-0.15, -0.1) is 0 Å². The van der Waals surface area contributed by atoms with E-state index in [1.807, 2.05) is 0 Å². The average Bonchev–Trinajstić information content (AvgIpc) is 2.92. The molecule has 5 N–H and O–H groups in total. The van der Waals surface area contributed by atoms with Gasteiger partial charge in [0.25, 0.3) is 0 Å². The number of imidazole rings is 1. The Morgan fingerprint density at radius 1 is 1.29 bits per heavy atom. The number of anilines is 1. The van der Waals surface area contributed by atoms with E-state index in [1.165, 1.54) is 24.3 Å². The number of nitrogens with two attached hydrogens (primary N) is 1. The van der Waals surface area contributed by atoms with Crippen LogP contribution in [0.2, 0.25) is 0 Å². The van der Waals surface area contributed by atoms with Crippen molar-refractivity contribution >= 4 is 17.0 Å². The van der Waals surface area contributed by atoms with Gasteiger partial charge in [0.05, 0.1) is 12.4 Å². The first kappa shape index (κ1) is 15.6. The van der Waals surface area contributed by atoms with E-state index in [9.17, 15) is 10.2 Å². The number of fused-ring (bicyclic) bond motifs is 1. The molecule has 0 aliphatic heterocycles.